The van der Waals surface area contributed by atoms with Crippen molar-refractivity contribution in [1.82, 2.24) is 16.0 Å². The van der Waals surface area contributed by atoms with Crippen molar-refractivity contribution < 1.29 is 9.21 Å². The monoisotopic (exact) mass is 472 g/mol. The minimum absolute atomic E-state index is 0. The van der Waals surface area contributed by atoms with Crippen molar-refractivity contribution >= 4 is 46.8 Å². The van der Waals surface area contributed by atoms with Gasteiger partial charge in [-0.1, -0.05) is 25.1 Å². The van der Waals surface area contributed by atoms with Gasteiger partial charge in [-0.2, -0.15) is 0 Å². The number of guanidine groups is 1. The maximum atomic E-state index is 11.8. The number of hydrogen-bond donors (Lipinski definition) is 3. The Bertz CT molecular complexity index is 742. The highest BCUT2D eigenvalue weighted by atomic mass is 127. The minimum Gasteiger partial charge on any atom is -0.459 e. The van der Waals surface area contributed by atoms with E-state index in [2.05, 4.69) is 40.9 Å². The van der Waals surface area contributed by atoms with Gasteiger partial charge in [-0.15, -0.1) is 24.0 Å². The molecule has 1 amide bonds. The van der Waals surface area contributed by atoms with Crippen molar-refractivity contribution in [3.05, 3.63) is 35.6 Å². The summed E-state index contributed by atoms with van der Waals surface area (Å²) in [4.78, 5) is 16.0. The number of hydrogen-bond acceptors (Lipinski definition) is 3. The maximum Gasteiger partial charge on any atom is 0.221 e. The highest BCUT2D eigenvalue weighted by Crippen LogP contribution is 2.24. The molecule has 7 heteroatoms. The van der Waals surface area contributed by atoms with Crippen molar-refractivity contribution in [3.63, 3.8) is 0 Å². The number of carbonyl (C=O) groups excluding carboxylic acids is 1. The Hall–Kier alpha value is -1.77. The lowest BCUT2D eigenvalue weighted by molar-refractivity contribution is -0.121. The van der Waals surface area contributed by atoms with Crippen molar-refractivity contribution in [2.75, 3.05) is 13.6 Å². The molecule has 1 aromatic carbocycles. The van der Waals surface area contributed by atoms with Gasteiger partial charge >= 0.3 is 0 Å². The second kappa shape index (κ2) is 11.1. The molecule has 0 saturated heterocycles. The summed E-state index contributed by atoms with van der Waals surface area (Å²) >= 11 is 0. The first-order valence-electron chi connectivity index (χ1n) is 8.76. The zero-order chi connectivity index (χ0) is 18.2. The molecule has 144 valence electrons. The Labute approximate surface area is 172 Å². The minimum atomic E-state index is 0. The molecule has 0 aliphatic rings. The molecular formula is C19H29IN4O2. The molecule has 0 fully saturated rings. The molecule has 0 radical (unpaired) electrons. The Kier molecular flexibility index (Phi) is 9.47. The van der Waals surface area contributed by atoms with E-state index in [9.17, 15) is 4.79 Å². The van der Waals surface area contributed by atoms with Crippen molar-refractivity contribution in [3.8, 4) is 0 Å². The largest absolute Gasteiger partial charge is 0.459 e. The molecule has 0 bridgehead atoms. The molecule has 0 aliphatic heterocycles. The molecule has 1 unspecified atom stereocenters. The Balaban J connectivity index is 0.00000338. The molecular weight excluding hydrogens is 443 g/mol. The highest BCUT2D eigenvalue weighted by Gasteiger charge is 2.10. The molecule has 2 rings (SSSR count). The number of aliphatic imine (C=N–C) groups is 1. The fourth-order valence-corrected chi connectivity index (χ4v) is 2.52. The highest BCUT2D eigenvalue weighted by molar-refractivity contribution is 14.0. The van der Waals surface area contributed by atoms with Gasteiger partial charge in [-0.05, 0) is 26.3 Å². The van der Waals surface area contributed by atoms with E-state index >= 15 is 0 Å². The van der Waals surface area contributed by atoms with Crippen LogP contribution >= 0.6 is 24.0 Å². The lowest BCUT2D eigenvalue weighted by Gasteiger charge is -2.13. The van der Waals surface area contributed by atoms with Crippen molar-refractivity contribution in [2.45, 2.75) is 46.2 Å². The predicted molar refractivity (Wildman–Crippen MR) is 117 cm³/mol. The normalized spacial score (nSPS) is 12.4. The third kappa shape index (κ3) is 6.19. The first-order chi connectivity index (χ1) is 12.0. The molecule has 0 spiro atoms. The number of nitrogens with one attached hydrogen (secondary N) is 3. The number of aryl methyl sites for hydroxylation is 1. The number of amides is 1. The van der Waals surface area contributed by atoms with Crippen LogP contribution in [-0.2, 0) is 11.3 Å². The standard InChI is InChI=1S/C19H28N4O2.HI/c1-5-13(2)23-18(24)10-11-21-19(20-4)22-12-17-14(3)15-8-6-7-9-16(15)25-17;/h6-9,13H,5,10-12H2,1-4H3,(H,23,24)(H2,20,21,22);1H. The first kappa shape index (κ1) is 22.3. The number of furan rings is 1. The van der Waals surface area contributed by atoms with Gasteiger partial charge in [0.25, 0.3) is 0 Å². The van der Waals surface area contributed by atoms with Crippen LogP contribution in [0.15, 0.2) is 33.7 Å². The second-order valence-corrected chi connectivity index (χ2v) is 6.13. The van der Waals surface area contributed by atoms with Crippen molar-refractivity contribution in [1.29, 1.82) is 0 Å². The average molecular weight is 472 g/mol. The van der Waals surface area contributed by atoms with E-state index in [1.165, 1.54) is 0 Å². The molecule has 0 saturated carbocycles. The Morgan fingerprint density at radius 2 is 2.00 bits per heavy atom. The first-order valence-corrected chi connectivity index (χ1v) is 8.76. The number of para-hydroxylation sites is 1. The maximum absolute atomic E-state index is 11.8. The third-order valence-electron chi connectivity index (χ3n) is 4.25. The van der Waals surface area contributed by atoms with Gasteiger partial charge in [-0.3, -0.25) is 9.79 Å². The number of halogens is 1. The van der Waals surface area contributed by atoms with Gasteiger partial charge in [0.1, 0.15) is 11.3 Å². The summed E-state index contributed by atoms with van der Waals surface area (Å²) in [7, 11) is 1.71. The van der Waals surface area contributed by atoms with E-state index in [-0.39, 0.29) is 35.9 Å². The van der Waals surface area contributed by atoms with Crippen molar-refractivity contribution in [2.24, 2.45) is 4.99 Å². The van der Waals surface area contributed by atoms with Gasteiger partial charge in [0.2, 0.25) is 5.91 Å². The van der Waals surface area contributed by atoms with Crippen LogP contribution < -0.4 is 16.0 Å². The van der Waals surface area contributed by atoms with Crippen LogP contribution in [0.2, 0.25) is 0 Å². The summed E-state index contributed by atoms with van der Waals surface area (Å²) in [6.45, 7) is 7.18. The lowest BCUT2D eigenvalue weighted by Crippen LogP contribution is -2.40. The zero-order valence-corrected chi connectivity index (χ0v) is 18.2. The summed E-state index contributed by atoms with van der Waals surface area (Å²) < 4.78 is 5.88. The smallest absolute Gasteiger partial charge is 0.221 e. The zero-order valence-electron chi connectivity index (χ0n) is 15.9. The fourth-order valence-electron chi connectivity index (χ4n) is 2.52. The molecule has 26 heavy (non-hydrogen) atoms. The quantitative estimate of drug-likeness (QED) is 0.328. The lowest BCUT2D eigenvalue weighted by atomic mass is 10.1. The summed E-state index contributed by atoms with van der Waals surface area (Å²) in [5.74, 6) is 1.58. The summed E-state index contributed by atoms with van der Waals surface area (Å²) in [5, 5.41) is 10.5. The van der Waals surface area contributed by atoms with Crippen LogP contribution in [0, 0.1) is 6.92 Å². The number of nitrogens with zero attached hydrogens (tertiary/aromatic N) is 1. The predicted octanol–water partition coefficient (Wildman–Crippen LogP) is 3.33. The molecule has 6 nitrogen and oxygen atoms in total. The number of fused-ring (bicyclic) bond motifs is 1. The molecule has 1 heterocycles. The molecule has 1 aromatic heterocycles. The SMILES string of the molecule is CCC(C)NC(=O)CCNC(=NC)NCc1oc2ccccc2c1C.I. The molecule has 0 aliphatic carbocycles. The summed E-state index contributed by atoms with van der Waals surface area (Å²) in [6.07, 6.45) is 1.34. The fraction of sp³-hybridized carbons (Fsp3) is 0.474. The van der Waals surface area contributed by atoms with E-state index in [1.807, 2.05) is 25.1 Å². The number of rotatable bonds is 7. The van der Waals surface area contributed by atoms with Gasteiger partial charge < -0.3 is 20.4 Å². The average Bonchev–Trinajstić information content (AvgIpc) is 2.94. The molecule has 1 atom stereocenters. The van der Waals surface area contributed by atoms with Gasteiger partial charge in [-0.25, -0.2) is 0 Å². The second-order valence-electron chi connectivity index (χ2n) is 6.13. The van der Waals surface area contributed by atoms with E-state index in [0.29, 0.717) is 25.5 Å². The van der Waals surface area contributed by atoms with Crippen LogP contribution in [-0.4, -0.2) is 31.5 Å². The number of carbonyl (C=O) groups is 1. The number of benzene rings is 1. The van der Waals surface area contributed by atoms with Crippen LogP contribution in [0.25, 0.3) is 11.0 Å². The Morgan fingerprint density at radius 3 is 2.65 bits per heavy atom. The summed E-state index contributed by atoms with van der Waals surface area (Å²) in [5.41, 5.74) is 2.02. The molecule has 2 aromatic rings. The van der Waals surface area contributed by atoms with E-state index in [1.54, 1.807) is 7.05 Å². The van der Waals surface area contributed by atoms with Gasteiger partial charge in [0.15, 0.2) is 5.96 Å². The summed E-state index contributed by atoms with van der Waals surface area (Å²) in [6, 6.07) is 8.21. The topological polar surface area (TPSA) is 78.7 Å². The van der Waals surface area contributed by atoms with Crippen LogP contribution in [0.5, 0.6) is 0 Å². The van der Waals surface area contributed by atoms with Crippen LogP contribution in [0.4, 0.5) is 0 Å². The van der Waals surface area contributed by atoms with Gasteiger partial charge in [0, 0.05) is 37.0 Å². The van der Waals surface area contributed by atoms with Crippen LogP contribution in [0.3, 0.4) is 0 Å². The van der Waals surface area contributed by atoms with E-state index in [0.717, 1.165) is 28.7 Å². The Morgan fingerprint density at radius 1 is 1.27 bits per heavy atom. The third-order valence-corrected chi connectivity index (χ3v) is 4.25. The van der Waals surface area contributed by atoms with Crippen LogP contribution in [0.1, 0.15) is 38.0 Å². The van der Waals surface area contributed by atoms with E-state index < -0.39 is 0 Å². The van der Waals surface area contributed by atoms with Gasteiger partial charge in [0.05, 0.1) is 6.54 Å². The molecule has 3 N–H and O–H groups in total. The van der Waals surface area contributed by atoms with E-state index in [4.69, 9.17) is 4.42 Å².